The van der Waals surface area contributed by atoms with Crippen LogP contribution in [0, 0.1) is 10.1 Å². The quantitative estimate of drug-likeness (QED) is 0.680. The predicted octanol–water partition coefficient (Wildman–Crippen LogP) is 3.31. The van der Waals surface area contributed by atoms with Crippen molar-refractivity contribution < 1.29 is 9.72 Å². The van der Waals surface area contributed by atoms with Crippen molar-refractivity contribution in [1.82, 2.24) is 5.32 Å². The Labute approximate surface area is 116 Å². The number of benzene rings is 1. The number of nitrogens with one attached hydrogen (secondary N) is 1. The third-order valence-electron chi connectivity index (χ3n) is 3.78. The number of nitro groups is 1. The SMILES string of the molecule is CCC1(NC(=O)c2cccc(Cl)c2[N+](=O)[O-])CCC1. The van der Waals surface area contributed by atoms with Crippen molar-refractivity contribution in [1.29, 1.82) is 0 Å². The topological polar surface area (TPSA) is 72.2 Å². The molecule has 1 aliphatic carbocycles. The molecule has 0 bridgehead atoms. The van der Waals surface area contributed by atoms with Gasteiger partial charge in [0, 0.05) is 5.54 Å². The molecule has 102 valence electrons. The lowest BCUT2D eigenvalue weighted by molar-refractivity contribution is -0.385. The van der Waals surface area contributed by atoms with Gasteiger partial charge in [0.05, 0.1) is 4.92 Å². The van der Waals surface area contributed by atoms with E-state index in [9.17, 15) is 14.9 Å². The number of halogens is 1. The van der Waals surface area contributed by atoms with Crippen LogP contribution in [0.25, 0.3) is 0 Å². The lowest BCUT2D eigenvalue weighted by Gasteiger charge is -2.41. The van der Waals surface area contributed by atoms with Gasteiger partial charge in [-0.1, -0.05) is 24.6 Å². The molecule has 1 saturated carbocycles. The molecule has 1 aliphatic rings. The minimum atomic E-state index is -0.614. The molecule has 6 heteroatoms. The second-order valence-electron chi connectivity index (χ2n) is 4.83. The Morgan fingerprint density at radius 2 is 2.21 bits per heavy atom. The summed E-state index contributed by atoms with van der Waals surface area (Å²) in [6.07, 6.45) is 3.74. The highest BCUT2D eigenvalue weighted by Crippen LogP contribution is 2.36. The van der Waals surface area contributed by atoms with Crippen molar-refractivity contribution in [2.75, 3.05) is 0 Å². The van der Waals surface area contributed by atoms with Gasteiger partial charge in [-0.2, -0.15) is 0 Å². The Kier molecular flexibility index (Phi) is 3.75. The van der Waals surface area contributed by atoms with Gasteiger partial charge in [-0.3, -0.25) is 14.9 Å². The van der Waals surface area contributed by atoms with Gasteiger partial charge >= 0.3 is 5.69 Å². The first-order valence-electron chi connectivity index (χ1n) is 6.24. The summed E-state index contributed by atoms with van der Waals surface area (Å²) in [6.45, 7) is 2.01. The summed E-state index contributed by atoms with van der Waals surface area (Å²) in [4.78, 5) is 22.6. The fourth-order valence-corrected chi connectivity index (χ4v) is 2.61. The van der Waals surface area contributed by atoms with Crippen molar-refractivity contribution in [3.63, 3.8) is 0 Å². The number of amides is 1. The molecule has 1 N–H and O–H groups in total. The average molecular weight is 283 g/mol. The van der Waals surface area contributed by atoms with E-state index in [1.54, 1.807) is 6.07 Å². The molecule has 0 heterocycles. The third kappa shape index (κ3) is 2.56. The maximum atomic E-state index is 12.2. The second-order valence-corrected chi connectivity index (χ2v) is 5.24. The van der Waals surface area contributed by atoms with Gasteiger partial charge in [0.2, 0.25) is 0 Å². The second kappa shape index (κ2) is 5.17. The fourth-order valence-electron chi connectivity index (χ4n) is 2.36. The Morgan fingerprint density at radius 1 is 1.53 bits per heavy atom. The maximum Gasteiger partial charge on any atom is 0.300 e. The lowest BCUT2D eigenvalue weighted by atomic mass is 9.74. The summed E-state index contributed by atoms with van der Waals surface area (Å²) in [6, 6.07) is 4.39. The molecule has 5 nitrogen and oxygen atoms in total. The number of carbonyl (C=O) groups is 1. The first-order valence-corrected chi connectivity index (χ1v) is 6.62. The summed E-state index contributed by atoms with van der Waals surface area (Å²) in [5.41, 5.74) is -0.503. The molecule has 19 heavy (non-hydrogen) atoms. The van der Waals surface area contributed by atoms with Crippen LogP contribution < -0.4 is 5.32 Å². The highest BCUT2D eigenvalue weighted by atomic mass is 35.5. The largest absolute Gasteiger partial charge is 0.346 e. The van der Waals surface area contributed by atoms with Crippen LogP contribution >= 0.6 is 11.6 Å². The van der Waals surface area contributed by atoms with E-state index >= 15 is 0 Å². The number of para-hydroxylation sites is 1. The van der Waals surface area contributed by atoms with E-state index in [0.717, 1.165) is 25.7 Å². The molecule has 0 radical (unpaired) electrons. The highest BCUT2D eigenvalue weighted by Gasteiger charge is 2.38. The third-order valence-corrected chi connectivity index (χ3v) is 4.09. The van der Waals surface area contributed by atoms with Crippen LogP contribution in [-0.4, -0.2) is 16.4 Å². The van der Waals surface area contributed by atoms with Crippen LogP contribution in [0.4, 0.5) is 5.69 Å². The minimum Gasteiger partial charge on any atom is -0.346 e. The van der Waals surface area contributed by atoms with Gasteiger partial charge in [0.1, 0.15) is 10.6 Å². The monoisotopic (exact) mass is 282 g/mol. The summed E-state index contributed by atoms with van der Waals surface area (Å²) in [7, 11) is 0. The summed E-state index contributed by atoms with van der Waals surface area (Å²) in [5.74, 6) is -0.421. The normalized spacial score (nSPS) is 16.5. The Hall–Kier alpha value is -1.62. The molecule has 0 unspecified atom stereocenters. The Morgan fingerprint density at radius 3 is 2.68 bits per heavy atom. The van der Waals surface area contributed by atoms with Crippen LogP contribution in [0.3, 0.4) is 0 Å². The van der Waals surface area contributed by atoms with Crippen molar-refractivity contribution in [3.05, 3.63) is 38.9 Å². The zero-order valence-electron chi connectivity index (χ0n) is 10.6. The Balaban J connectivity index is 2.29. The first-order chi connectivity index (χ1) is 8.99. The summed E-state index contributed by atoms with van der Waals surface area (Å²) in [5, 5.41) is 13.9. The van der Waals surface area contributed by atoms with Gasteiger partial charge in [-0.05, 0) is 37.8 Å². The van der Waals surface area contributed by atoms with Crippen molar-refractivity contribution in [2.24, 2.45) is 0 Å². The van der Waals surface area contributed by atoms with E-state index in [4.69, 9.17) is 11.6 Å². The zero-order chi connectivity index (χ0) is 14.0. The molecule has 1 amide bonds. The van der Waals surface area contributed by atoms with E-state index in [-0.39, 0.29) is 21.8 Å². The Bertz CT molecular complexity index is 521. The number of carbonyl (C=O) groups excluding carboxylic acids is 1. The standard InChI is InChI=1S/C13H15ClN2O3/c1-2-13(7-4-8-13)15-12(17)9-5-3-6-10(14)11(9)16(18)19/h3,5-6H,2,4,7-8H2,1H3,(H,15,17). The van der Waals surface area contributed by atoms with Gasteiger partial charge < -0.3 is 5.32 Å². The molecule has 0 aromatic heterocycles. The van der Waals surface area contributed by atoms with Crippen LogP contribution in [-0.2, 0) is 0 Å². The number of hydrogen-bond donors (Lipinski definition) is 1. The van der Waals surface area contributed by atoms with Gasteiger partial charge in [0.15, 0.2) is 0 Å². The number of nitro benzene ring substituents is 1. The van der Waals surface area contributed by atoms with Crippen LogP contribution in [0.2, 0.25) is 5.02 Å². The minimum absolute atomic E-state index is 0.0168. The first kappa shape index (κ1) is 13.8. The van der Waals surface area contributed by atoms with Crippen molar-refractivity contribution >= 4 is 23.2 Å². The zero-order valence-corrected chi connectivity index (χ0v) is 11.4. The fraction of sp³-hybridized carbons (Fsp3) is 0.462. The molecular formula is C13H15ClN2O3. The van der Waals surface area contributed by atoms with E-state index in [1.807, 2.05) is 6.92 Å². The molecule has 1 fully saturated rings. The lowest BCUT2D eigenvalue weighted by Crippen LogP contribution is -2.53. The van der Waals surface area contributed by atoms with Gasteiger partial charge in [0.25, 0.3) is 5.91 Å². The molecule has 0 aliphatic heterocycles. The van der Waals surface area contributed by atoms with Crippen LogP contribution in [0.1, 0.15) is 43.0 Å². The van der Waals surface area contributed by atoms with E-state index in [0.29, 0.717) is 0 Å². The van der Waals surface area contributed by atoms with E-state index < -0.39 is 10.8 Å². The molecule has 1 aromatic carbocycles. The van der Waals surface area contributed by atoms with Gasteiger partial charge in [-0.25, -0.2) is 0 Å². The number of hydrogen-bond acceptors (Lipinski definition) is 3. The smallest absolute Gasteiger partial charge is 0.300 e. The van der Waals surface area contributed by atoms with Crippen molar-refractivity contribution in [3.8, 4) is 0 Å². The number of nitrogens with zero attached hydrogens (tertiary/aromatic N) is 1. The maximum absolute atomic E-state index is 12.2. The number of rotatable bonds is 4. The summed E-state index contributed by atoms with van der Waals surface area (Å²) < 4.78 is 0. The predicted molar refractivity (Wildman–Crippen MR) is 72.4 cm³/mol. The van der Waals surface area contributed by atoms with E-state index in [1.165, 1.54) is 12.1 Å². The van der Waals surface area contributed by atoms with Crippen LogP contribution in [0.5, 0.6) is 0 Å². The molecule has 0 spiro atoms. The van der Waals surface area contributed by atoms with Crippen LogP contribution in [0.15, 0.2) is 18.2 Å². The van der Waals surface area contributed by atoms with Crippen molar-refractivity contribution in [2.45, 2.75) is 38.1 Å². The van der Waals surface area contributed by atoms with Gasteiger partial charge in [-0.15, -0.1) is 0 Å². The highest BCUT2D eigenvalue weighted by molar-refractivity contribution is 6.33. The molecule has 0 atom stereocenters. The molecule has 0 saturated heterocycles. The molecule has 1 aromatic rings. The molecular weight excluding hydrogens is 268 g/mol. The van der Waals surface area contributed by atoms with E-state index in [2.05, 4.69) is 5.32 Å². The summed E-state index contributed by atoms with van der Waals surface area (Å²) >= 11 is 5.80. The molecule has 2 rings (SSSR count). The average Bonchev–Trinajstić information content (AvgIpc) is 2.32.